The molecular formula is C17H21NO4Se. The number of benzene rings is 1. The molecule has 0 spiro atoms. The maximum atomic E-state index is 12.3. The van der Waals surface area contributed by atoms with Crippen molar-refractivity contribution >= 4 is 31.5 Å². The summed E-state index contributed by atoms with van der Waals surface area (Å²) >= 11 is 0.116. The van der Waals surface area contributed by atoms with E-state index in [1.54, 1.807) is 11.8 Å². The number of nitrogens with zero attached hydrogens (tertiary/aromatic N) is 1. The molecule has 2 heterocycles. The summed E-state index contributed by atoms with van der Waals surface area (Å²) in [5, 5.41) is 0. The molecule has 0 N–H and O–H groups in total. The van der Waals surface area contributed by atoms with Gasteiger partial charge in [-0.2, -0.15) is 0 Å². The van der Waals surface area contributed by atoms with E-state index in [9.17, 15) is 9.59 Å². The van der Waals surface area contributed by atoms with Gasteiger partial charge in [0.2, 0.25) is 0 Å². The molecule has 2 saturated heterocycles. The molecule has 4 atom stereocenters. The molecule has 2 fully saturated rings. The van der Waals surface area contributed by atoms with E-state index in [4.69, 9.17) is 9.47 Å². The number of fused-ring (bicyclic) bond motifs is 2. The first-order valence-electron chi connectivity index (χ1n) is 7.92. The number of hydrogen-bond donors (Lipinski definition) is 0. The second-order valence-electron chi connectivity index (χ2n) is 5.76. The number of rotatable bonds is 4. The fourth-order valence-electron chi connectivity index (χ4n) is 3.70. The first-order chi connectivity index (χ1) is 11.2. The molecule has 3 rings (SSSR count). The molecule has 2 bridgehead atoms. The van der Waals surface area contributed by atoms with Crippen LogP contribution in [0.2, 0.25) is 4.82 Å². The minimum atomic E-state index is -0.291. The van der Waals surface area contributed by atoms with Crippen LogP contribution in [-0.2, 0) is 14.3 Å². The molecule has 0 aliphatic carbocycles. The molecule has 0 unspecified atom stereocenters. The Hall–Kier alpha value is -1.52. The molecule has 124 valence electrons. The third-order valence-corrected chi connectivity index (χ3v) is 7.58. The molecule has 23 heavy (non-hydrogen) atoms. The Labute approximate surface area is 142 Å². The Morgan fingerprint density at radius 2 is 1.91 bits per heavy atom. The molecule has 5 nitrogen and oxygen atoms in total. The Balaban J connectivity index is 1.86. The van der Waals surface area contributed by atoms with E-state index in [0.29, 0.717) is 6.61 Å². The summed E-state index contributed by atoms with van der Waals surface area (Å²) in [4.78, 5) is 26.6. The van der Waals surface area contributed by atoms with Crippen LogP contribution in [0.5, 0.6) is 0 Å². The molecule has 0 saturated carbocycles. The number of esters is 1. The Kier molecular flexibility index (Phi) is 4.93. The molecule has 6 heteroatoms. The molecule has 2 aliphatic heterocycles. The van der Waals surface area contributed by atoms with Gasteiger partial charge < -0.3 is 0 Å². The average Bonchev–Trinajstić information content (AvgIpc) is 3.11. The molecule has 1 aromatic rings. The van der Waals surface area contributed by atoms with Crippen LogP contribution in [0, 0.1) is 5.92 Å². The maximum absolute atomic E-state index is 12.3. The monoisotopic (exact) mass is 383 g/mol. The summed E-state index contributed by atoms with van der Waals surface area (Å²) in [5.41, 5.74) is 0. The van der Waals surface area contributed by atoms with E-state index in [1.165, 1.54) is 11.6 Å². The summed E-state index contributed by atoms with van der Waals surface area (Å²) in [6.07, 6.45) is 1.50. The van der Waals surface area contributed by atoms with Gasteiger partial charge in [0.25, 0.3) is 0 Å². The van der Waals surface area contributed by atoms with Gasteiger partial charge in [-0.05, 0) is 0 Å². The third-order valence-electron chi connectivity index (χ3n) is 4.59. The number of hydrogen-bond acceptors (Lipinski definition) is 4. The van der Waals surface area contributed by atoms with Crippen molar-refractivity contribution in [1.82, 2.24) is 4.90 Å². The minimum absolute atomic E-state index is 0.0814. The number of amides is 1. The molecule has 2 aliphatic rings. The fourth-order valence-corrected chi connectivity index (χ4v) is 6.83. The second kappa shape index (κ2) is 6.93. The molecule has 0 aromatic heterocycles. The van der Waals surface area contributed by atoms with Crippen molar-refractivity contribution in [3.8, 4) is 0 Å². The van der Waals surface area contributed by atoms with Gasteiger partial charge in [0, 0.05) is 0 Å². The van der Waals surface area contributed by atoms with Crippen LogP contribution in [0.1, 0.15) is 19.8 Å². The van der Waals surface area contributed by atoms with Gasteiger partial charge in [-0.1, -0.05) is 0 Å². The van der Waals surface area contributed by atoms with Crippen LogP contribution in [-0.4, -0.2) is 57.7 Å². The van der Waals surface area contributed by atoms with Gasteiger partial charge in [0.1, 0.15) is 0 Å². The quantitative estimate of drug-likeness (QED) is 0.586. The SMILES string of the molecule is CCOC(=O)N1[C@@H]2CC[C@H]1[C@H](C(=O)OC)[C@@H]2[Se]c1ccccc1. The van der Waals surface area contributed by atoms with Crippen molar-refractivity contribution in [2.45, 2.75) is 36.7 Å². The third kappa shape index (κ3) is 2.98. The normalized spacial score (nSPS) is 28.7. The summed E-state index contributed by atoms with van der Waals surface area (Å²) in [6.45, 7) is 2.16. The zero-order valence-corrected chi connectivity index (χ0v) is 15.0. The molecule has 0 radical (unpaired) electrons. The van der Waals surface area contributed by atoms with Crippen LogP contribution in [0.25, 0.3) is 0 Å². The first kappa shape index (κ1) is 16.3. The topological polar surface area (TPSA) is 55.8 Å². The van der Waals surface area contributed by atoms with Crippen molar-refractivity contribution in [3.05, 3.63) is 30.3 Å². The van der Waals surface area contributed by atoms with E-state index in [-0.39, 0.29) is 49.8 Å². The number of carbonyl (C=O) groups is 2. The zero-order valence-electron chi connectivity index (χ0n) is 13.3. The first-order valence-corrected chi connectivity index (χ1v) is 9.76. The van der Waals surface area contributed by atoms with Gasteiger partial charge in [-0.15, -0.1) is 0 Å². The van der Waals surface area contributed by atoms with E-state index in [0.717, 1.165) is 12.8 Å². The summed E-state index contributed by atoms with van der Waals surface area (Å²) < 4.78 is 11.5. The van der Waals surface area contributed by atoms with Crippen molar-refractivity contribution in [2.24, 2.45) is 5.92 Å². The average molecular weight is 382 g/mol. The summed E-state index contributed by atoms with van der Waals surface area (Å²) in [6, 6.07) is 10.2. The summed E-state index contributed by atoms with van der Waals surface area (Å²) in [5.74, 6) is -0.433. The molecule has 1 amide bonds. The van der Waals surface area contributed by atoms with Crippen molar-refractivity contribution < 1.29 is 19.1 Å². The van der Waals surface area contributed by atoms with E-state index < -0.39 is 0 Å². The number of carbonyl (C=O) groups excluding carboxylic acids is 2. The van der Waals surface area contributed by atoms with Gasteiger partial charge >= 0.3 is 142 Å². The van der Waals surface area contributed by atoms with Crippen LogP contribution >= 0.6 is 0 Å². The van der Waals surface area contributed by atoms with Crippen LogP contribution in [0.15, 0.2) is 30.3 Å². The molecular weight excluding hydrogens is 361 g/mol. The van der Waals surface area contributed by atoms with Crippen molar-refractivity contribution in [1.29, 1.82) is 0 Å². The van der Waals surface area contributed by atoms with E-state index in [2.05, 4.69) is 12.1 Å². The van der Waals surface area contributed by atoms with E-state index >= 15 is 0 Å². The standard InChI is InChI=1S/C17H21NO4Se/c1-3-22-17(20)18-12-9-10-13(18)15(14(12)16(19)21-2)23-11-7-5-4-6-8-11/h4-8,12-15H,3,9-10H2,1-2H3/t12-,13+,14-,15+/m0/s1. The van der Waals surface area contributed by atoms with Gasteiger partial charge in [0.05, 0.1) is 0 Å². The van der Waals surface area contributed by atoms with Crippen LogP contribution in [0.3, 0.4) is 0 Å². The zero-order chi connectivity index (χ0) is 16.4. The Morgan fingerprint density at radius 1 is 1.22 bits per heavy atom. The van der Waals surface area contributed by atoms with Crippen LogP contribution < -0.4 is 4.46 Å². The predicted octanol–water partition coefficient (Wildman–Crippen LogP) is 1.60. The number of methoxy groups -OCH3 is 1. The van der Waals surface area contributed by atoms with E-state index in [1.807, 2.05) is 18.2 Å². The second-order valence-corrected chi connectivity index (χ2v) is 8.39. The fraction of sp³-hybridized carbons (Fsp3) is 0.529. The van der Waals surface area contributed by atoms with Crippen LogP contribution in [0.4, 0.5) is 4.79 Å². The van der Waals surface area contributed by atoms with Gasteiger partial charge in [0.15, 0.2) is 0 Å². The van der Waals surface area contributed by atoms with Crippen molar-refractivity contribution in [2.75, 3.05) is 13.7 Å². The predicted molar refractivity (Wildman–Crippen MR) is 86.8 cm³/mol. The van der Waals surface area contributed by atoms with Crippen molar-refractivity contribution in [3.63, 3.8) is 0 Å². The van der Waals surface area contributed by atoms with Gasteiger partial charge in [-0.3, -0.25) is 0 Å². The Morgan fingerprint density at radius 3 is 2.57 bits per heavy atom. The van der Waals surface area contributed by atoms with Gasteiger partial charge in [-0.25, -0.2) is 0 Å². The molecule has 1 aromatic carbocycles. The Bertz CT molecular complexity index is 579. The summed E-state index contributed by atoms with van der Waals surface area (Å²) in [7, 11) is 1.43. The number of ether oxygens (including phenoxy) is 2.